The fourth-order valence-corrected chi connectivity index (χ4v) is 2.00. The van der Waals surface area contributed by atoms with Crippen molar-refractivity contribution in [1.29, 1.82) is 0 Å². The van der Waals surface area contributed by atoms with Crippen LogP contribution in [0.3, 0.4) is 0 Å². The van der Waals surface area contributed by atoms with Crippen LogP contribution in [0.15, 0.2) is 18.5 Å². The number of nitrogens with zero attached hydrogens (tertiary/aromatic N) is 3. The molecular weight excluding hydrogens is 232 g/mol. The quantitative estimate of drug-likeness (QED) is 0.850. The molecule has 0 amide bonds. The molecule has 0 bridgehead atoms. The zero-order valence-corrected chi connectivity index (χ0v) is 11.1. The third-order valence-electron chi connectivity index (χ3n) is 2.42. The van der Waals surface area contributed by atoms with Crippen LogP contribution in [0, 0.1) is 17.5 Å². The average Bonchev–Trinajstić information content (AvgIpc) is 2.58. The van der Waals surface area contributed by atoms with E-state index in [0.717, 1.165) is 28.3 Å². The van der Waals surface area contributed by atoms with E-state index in [1.54, 1.807) is 6.33 Å². The van der Waals surface area contributed by atoms with Gasteiger partial charge in [0.2, 0.25) is 0 Å². The summed E-state index contributed by atoms with van der Waals surface area (Å²) >= 11 is 5.32. The second-order valence-electron chi connectivity index (χ2n) is 4.57. The second-order valence-corrected chi connectivity index (χ2v) is 4.99. The summed E-state index contributed by atoms with van der Waals surface area (Å²) in [5.41, 5.74) is 2.07. The summed E-state index contributed by atoms with van der Waals surface area (Å²) < 4.78 is 2.57. The fourth-order valence-electron chi connectivity index (χ4n) is 1.72. The Labute approximate surface area is 106 Å². The van der Waals surface area contributed by atoms with Crippen molar-refractivity contribution in [3.8, 4) is 5.82 Å². The Balaban J connectivity index is 2.39. The highest BCUT2D eigenvalue weighted by molar-refractivity contribution is 7.71. The molecule has 0 aliphatic carbocycles. The molecule has 0 radical (unpaired) electrons. The molecule has 0 spiro atoms. The summed E-state index contributed by atoms with van der Waals surface area (Å²) in [7, 11) is 0. The van der Waals surface area contributed by atoms with Crippen LogP contribution < -0.4 is 0 Å². The van der Waals surface area contributed by atoms with Gasteiger partial charge in [0.15, 0.2) is 5.82 Å². The van der Waals surface area contributed by atoms with Gasteiger partial charge in [-0.2, -0.15) is 0 Å². The second kappa shape index (κ2) is 4.79. The zero-order valence-electron chi connectivity index (χ0n) is 10.3. The highest BCUT2D eigenvalue weighted by Crippen LogP contribution is 2.10. The predicted molar refractivity (Wildman–Crippen MR) is 69.8 cm³/mol. The van der Waals surface area contributed by atoms with Crippen molar-refractivity contribution in [2.75, 3.05) is 0 Å². The molecule has 2 aromatic rings. The Bertz CT molecular complexity index is 568. The van der Waals surface area contributed by atoms with Gasteiger partial charge in [0, 0.05) is 17.5 Å². The lowest BCUT2D eigenvalue weighted by atomic mass is 10.1. The van der Waals surface area contributed by atoms with Crippen LogP contribution >= 0.6 is 12.2 Å². The number of hydrogen-bond donors (Lipinski definition) is 1. The highest BCUT2D eigenvalue weighted by atomic mass is 32.1. The van der Waals surface area contributed by atoms with Crippen molar-refractivity contribution in [2.45, 2.75) is 27.2 Å². The number of hydrogen-bond acceptors (Lipinski definition) is 3. The molecule has 90 valence electrons. The van der Waals surface area contributed by atoms with Crippen LogP contribution in [0.4, 0.5) is 0 Å². The molecule has 2 rings (SSSR count). The normalized spacial score (nSPS) is 11.1. The lowest BCUT2D eigenvalue weighted by molar-refractivity contribution is 0.627. The minimum atomic E-state index is 0.601. The van der Waals surface area contributed by atoms with Crippen molar-refractivity contribution in [1.82, 2.24) is 19.7 Å². The van der Waals surface area contributed by atoms with Gasteiger partial charge in [-0.25, -0.2) is 14.6 Å². The van der Waals surface area contributed by atoms with Gasteiger partial charge in [0.05, 0.1) is 0 Å². The number of H-pyrrole nitrogens is 1. The molecule has 0 unspecified atom stereocenters. The van der Waals surface area contributed by atoms with E-state index in [9.17, 15) is 0 Å². The third kappa shape index (κ3) is 2.79. The topological polar surface area (TPSA) is 46.5 Å². The van der Waals surface area contributed by atoms with Crippen LogP contribution in [-0.4, -0.2) is 19.7 Å². The lowest BCUT2D eigenvalue weighted by Crippen LogP contribution is -2.02. The molecule has 0 saturated carbocycles. The minimum Gasteiger partial charge on any atom is -0.296 e. The van der Waals surface area contributed by atoms with E-state index in [4.69, 9.17) is 12.2 Å². The average molecular weight is 248 g/mol. The van der Waals surface area contributed by atoms with E-state index in [0.29, 0.717) is 5.92 Å². The van der Waals surface area contributed by atoms with Gasteiger partial charge in [-0.1, -0.05) is 26.1 Å². The van der Waals surface area contributed by atoms with Crippen molar-refractivity contribution in [3.05, 3.63) is 34.5 Å². The van der Waals surface area contributed by atoms with Crippen LogP contribution in [0.2, 0.25) is 0 Å². The molecule has 0 atom stereocenters. The van der Waals surface area contributed by atoms with E-state index < -0.39 is 0 Å². The predicted octanol–water partition coefficient (Wildman–Crippen LogP) is 2.83. The zero-order chi connectivity index (χ0) is 12.4. The molecule has 0 aliphatic rings. The molecule has 17 heavy (non-hydrogen) atoms. The Hall–Kier alpha value is -1.49. The molecule has 1 N–H and O–H groups in total. The maximum Gasteiger partial charge on any atom is 0.156 e. The number of nitrogens with one attached hydrogen (secondary N) is 1. The molecule has 2 heterocycles. The SMILES string of the molecule is Cc1cc(-n2[nH]c(CC(C)C)cc2=S)ncn1. The molecule has 5 heteroatoms. The van der Waals surface area contributed by atoms with Gasteiger partial charge in [0.25, 0.3) is 0 Å². The van der Waals surface area contributed by atoms with E-state index in [2.05, 4.69) is 28.9 Å². The van der Waals surface area contributed by atoms with Crippen molar-refractivity contribution in [3.63, 3.8) is 0 Å². The van der Waals surface area contributed by atoms with Crippen LogP contribution in [0.1, 0.15) is 25.2 Å². The molecule has 4 nitrogen and oxygen atoms in total. The summed E-state index contributed by atoms with van der Waals surface area (Å²) in [6.07, 6.45) is 2.54. The summed E-state index contributed by atoms with van der Waals surface area (Å²) in [5, 5.41) is 3.28. The highest BCUT2D eigenvalue weighted by Gasteiger charge is 2.05. The molecule has 0 fully saturated rings. The Kier molecular flexibility index (Phi) is 3.38. The molecule has 0 aromatic carbocycles. The third-order valence-corrected chi connectivity index (χ3v) is 2.72. The molecule has 0 saturated heterocycles. The van der Waals surface area contributed by atoms with E-state index in [1.165, 1.54) is 0 Å². The smallest absolute Gasteiger partial charge is 0.156 e. The van der Waals surface area contributed by atoms with Crippen molar-refractivity contribution >= 4 is 12.2 Å². The standard InChI is InChI=1S/C12H16N4S/c1-8(2)4-10-6-12(17)16(15-10)11-5-9(3)13-7-14-11/h5-8,15H,4H2,1-3H3. The molecule has 0 aliphatic heterocycles. The first-order chi connectivity index (χ1) is 8.06. The number of aromatic nitrogens is 4. The minimum absolute atomic E-state index is 0.601. The fraction of sp³-hybridized carbons (Fsp3) is 0.417. The van der Waals surface area contributed by atoms with E-state index in [-0.39, 0.29) is 0 Å². The maximum atomic E-state index is 5.32. The van der Waals surface area contributed by atoms with Crippen LogP contribution in [0.25, 0.3) is 5.82 Å². The van der Waals surface area contributed by atoms with Gasteiger partial charge in [0.1, 0.15) is 11.0 Å². The van der Waals surface area contributed by atoms with Gasteiger partial charge in [-0.05, 0) is 25.3 Å². The maximum absolute atomic E-state index is 5.32. The van der Waals surface area contributed by atoms with Gasteiger partial charge in [-0.3, -0.25) is 5.10 Å². The summed E-state index contributed by atoms with van der Waals surface area (Å²) in [6, 6.07) is 3.90. The van der Waals surface area contributed by atoms with Crippen molar-refractivity contribution < 1.29 is 0 Å². The molecular formula is C12H16N4S. The number of rotatable bonds is 3. The van der Waals surface area contributed by atoms with Crippen LogP contribution in [-0.2, 0) is 6.42 Å². The van der Waals surface area contributed by atoms with Crippen molar-refractivity contribution in [2.24, 2.45) is 5.92 Å². The number of aryl methyl sites for hydroxylation is 1. The largest absolute Gasteiger partial charge is 0.296 e. The Morgan fingerprint density at radius 1 is 1.35 bits per heavy atom. The van der Waals surface area contributed by atoms with Crippen LogP contribution in [0.5, 0.6) is 0 Å². The van der Waals surface area contributed by atoms with E-state index in [1.807, 2.05) is 23.7 Å². The Morgan fingerprint density at radius 3 is 2.76 bits per heavy atom. The Morgan fingerprint density at radius 2 is 2.12 bits per heavy atom. The first-order valence-electron chi connectivity index (χ1n) is 5.66. The summed E-state index contributed by atoms with van der Waals surface area (Å²) in [5.74, 6) is 1.39. The van der Waals surface area contributed by atoms with Gasteiger partial charge < -0.3 is 0 Å². The molecule has 2 aromatic heterocycles. The first kappa shape index (κ1) is 12.0. The first-order valence-corrected chi connectivity index (χ1v) is 6.07. The van der Waals surface area contributed by atoms with E-state index >= 15 is 0 Å². The van der Waals surface area contributed by atoms with Gasteiger partial charge >= 0.3 is 0 Å². The van der Waals surface area contributed by atoms with Gasteiger partial charge in [-0.15, -0.1) is 0 Å². The summed E-state index contributed by atoms with van der Waals surface area (Å²) in [4.78, 5) is 8.29. The number of aromatic amines is 1. The summed E-state index contributed by atoms with van der Waals surface area (Å²) in [6.45, 7) is 6.30. The lowest BCUT2D eigenvalue weighted by Gasteiger charge is -2.03. The monoisotopic (exact) mass is 248 g/mol.